The zero-order chi connectivity index (χ0) is 26.4. The first-order valence-corrected chi connectivity index (χ1v) is 65.8. The third kappa shape index (κ3) is 17.1. The van der Waals surface area contributed by atoms with Crippen molar-refractivity contribution in [3.63, 3.8) is 0 Å². The molecule has 33 heavy (non-hydrogen) atoms. The topological polar surface area (TPSA) is 0 Å². The monoisotopic (exact) mass is 1060 g/mol. The summed E-state index contributed by atoms with van der Waals surface area (Å²) < 4.78 is 0. The molecule has 198 valence electrons. The third-order valence-electron chi connectivity index (χ3n) is 2.69. The molecular formula is H32P32S. The summed E-state index contributed by atoms with van der Waals surface area (Å²) in [4.78, 5) is 0. The molecule has 33 heteroatoms. The Balaban J connectivity index is 7.29. The highest BCUT2D eigenvalue weighted by molar-refractivity contribution is 9.43. The zero-order valence-electron chi connectivity index (χ0n) is 16.8. The second kappa shape index (κ2) is 25.7. The van der Waals surface area contributed by atoms with E-state index in [4.69, 9.17) is 11.8 Å². The average Bonchev–Trinajstić information content (AvgIpc) is 2.59. The lowest BCUT2D eigenvalue weighted by molar-refractivity contribution is 4.43. The lowest BCUT2D eigenvalue weighted by Crippen LogP contribution is -1.63. The highest BCUT2D eigenvalue weighted by Crippen LogP contribution is 3.37. The van der Waals surface area contributed by atoms with Gasteiger partial charge in [-0.3, -0.25) is 0 Å². The Hall–Kier alpha value is 13.8. The van der Waals surface area contributed by atoms with E-state index >= 15 is 0 Å². The van der Waals surface area contributed by atoms with Crippen LogP contribution < -0.4 is 0 Å². The van der Waals surface area contributed by atoms with E-state index in [1.54, 1.807) is 0 Å². The molecule has 0 bridgehead atoms. The third-order valence-corrected chi connectivity index (χ3v) is 218. The van der Waals surface area contributed by atoms with Gasteiger partial charge in [-0.1, -0.05) is 11.8 Å². The maximum atomic E-state index is 6.22. The fourth-order valence-corrected chi connectivity index (χ4v) is 433. The highest BCUT2D eigenvalue weighted by atomic mass is 33.5. The van der Waals surface area contributed by atoms with Crippen LogP contribution in [0.1, 0.15) is 0 Å². The van der Waals surface area contributed by atoms with E-state index in [0.29, 0.717) is 0 Å². The first-order chi connectivity index (χ1) is 15.0. The van der Waals surface area contributed by atoms with Gasteiger partial charge in [0.25, 0.3) is 0 Å². The molecule has 0 aromatic heterocycles. The first-order valence-electron chi connectivity index (χ1n) is 7.31. The molecule has 0 aliphatic heterocycles. The van der Waals surface area contributed by atoms with Gasteiger partial charge in [-0.25, -0.2) is 0 Å². The van der Waals surface area contributed by atoms with E-state index < -0.39 is 0 Å². The Morgan fingerprint density at radius 1 is 0.303 bits per heavy atom. The first kappa shape index (κ1) is 46.8. The van der Waals surface area contributed by atoms with Gasteiger partial charge >= 0.3 is 0 Å². The summed E-state index contributed by atoms with van der Waals surface area (Å²) in [7, 11) is 53.7. The van der Waals surface area contributed by atoms with Crippen LogP contribution >= 0.6 is 255 Å². The van der Waals surface area contributed by atoms with Gasteiger partial charge in [-0.15, -0.1) is 143 Å². The zero-order valence-corrected chi connectivity index (χ0v) is 50.4. The molecule has 16 atom stereocenters. The quantitative estimate of drug-likeness (QED) is 0.147. The Labute approximate surface area is 263 Å². The van der Waals surface area contributed by atoms with E-state index in [2.05, 4.69) is 143 Å². The predicted molar refractivity (Wildman–Crippen MR) is 273 cm³/mol. The maximum Gasteiger partial charge on any atom is 0.0292 e. The summed E-state index contributed by atoms with van der Waals surface area (Å²) in [5, 5.41) is 0. The number of hydrogen-bond acceptors (Lipinski definition) is 1. The van der Waals surface area contributed by atoms with E-state index in [1.165, 1.54) is 7.04 Å². The van der Waals surface area contributed by atoms with E-state index in [0.717, 1.165) is 0 Å². The molecule has 0 fully saturated rings. The molecule has 0 heterocycles. The molecule has 0 radical (unpaired) electrons. The smallest absolute Gasteiger partial charge is 0.0292 e. The fourth-order valence-electron chi connectivity index (χ4n) is 1.78. The van der Waals surface area contributed by atoms with E-state index in [1.807, 2.05) is 0 Å². The van der Waals surface area contributed by atoms with Crippen LogP contribution in [0.3, 0.4) is 0 Å². The van der Waals surface area contributed by atoms with Gasteiger partial charge in [0, 0.05) is 28.0 Å². The highest BCUT2D eigenvalue weighted by Gasteiger charge is 2.50. The minimum atomic E-state index is -0.154. The van der Waals surface area contributed by atoms with Crippen molar-refractivity contribution in [1.29, 1.82) is 0 Å². The molecule has 0 nitrogen and oxygen atoms in total. The van der Waals surface area contributed by atoms with Crippen LogP contribution in [-0.4, -0.2) is 0 Å². The lowest BCUT2D eigenvalue weighted by Gasteiger charge is -2.50. The van der Waals surface area contributed by atoms with Crippen molar-refractivity contribution in [1.82, 2.24) is 0 Å². The van der Waals surface area contributed by atoms with Crippen molar-refractivity contribution in [2.75, 3.05) is 0 Å². The summed E-state index contributed by atoms with van der Waals surface area (Å²) in [5.74, 6) is 0. The molecule has 0 aliphatic carbocycles. The Morgan fingerprint density at radius 3 is 0.545 bits per heavy atom. The van der Waals surface area contributed by atoms with Gasteiger partial charge in [0.15, 0.2) is 0 Å². The van der Waals surface area contributed by atoms with E-state index in [9.17, 15) is 0 Å². The van der Waals surface area contributed by atoms with Crippen molar-refractivity contribution < 1.29 is 0 Å². The number of rotatable bonds is 15. The average molecular weight is 1060 g/mol. The van der Waals surface area contributed by atoms with Crippen molar-refractivity contribution >= 4 is 267 Å². The molecule has 0 saturated heterocycles. The standard InChI is InChI=1S/H32P32S/c1-18(2)27(19(3)4)31(28(20(5)6)21(7)8)26(17-33)32(29(22(9)10)23(11)12)30(24(13)14)25(15)16/h1-16H2. The summed E-state index contributed by atoms with van der Waals surface area (Å²) in [6.07, 6.45) is 0. The van der Waals surface area contributed by atoms with Crippen LogP contribution in [0.2, 0.25) is 0 Å². The molecule has 0 N–H and O–H groups in total. The maximum absolute atomic E-state index is 6.22. The molecule has 0 aliphatic rings. The Kier molecular flexibility index (Phi) is 36.6. The summed E-state index contributed by atoms with van der Waals surface area (Å²) in [5.41, 5.74) is 0. The summed E-state index contributed by atoms with van der Waals surface area (Å²) in [6, 6.07) is 0. The van der Waals surface area contributed by atoms with Crippen LogP contribution in [0, 0.1) is 0 Å². The summed E-state index contributed by atoms with van der Waals surface area (Å²) >= 11 is 6.22. The Morgan fingerprint density at radius 2 is 0.455 bits per heavy atom. The normalized spacial score (nSPS) is 14.3. The van der Waals surface area contributed by atoms with E-state index in [-0.39, 0.29) is 105 Å². The van der Waals surface area contributed by atoms with Crippen LogP contribution in [0.5, 0.6) is 0 Å². The van der Waals surface area contributed by atoms with Crippen molar-refractivity contribution in [2.24, 2.45) is 0 Å². The molecule has 16 unspecified atom stereocenters. The molecule has 0 aromatic carbocycles. The van der Waals surface area contributed by atoms with Crippen molar-refractivity contribution in [2.45, 2.75) is 0 Å². The van der Waals surface area contributed by atoms with Gasteiger partial charge in [0.2, 0.25) is 0 Å². The SMILES string of the molecule is PP(P)P(P(P)P)P(P(P=S)P(P(P(P)P)P(P)P)P(P(P)P)P(P)P)P(P(P)P)P(P)P. The van der Waals surface area contributed by atoms with Gasteiger partial charge < -0.3 is 0 Å². The molecule has 0 rings (SSSR count). The number of hydrogen-bond donors (Lipinski definition) is 0. The second-order valence-corrected chi connectivity index (χ2v) is 135. The van der Waals surface area contributed by atoms with Crippen molar-refractivity contribution in [3.05, 3.63) is 0 Å². The van der Waals surface area contributed by atoms with Gasteiger partial charge in [0.1, 0.15) is 0 Å². The Bertz CT molecular complexity index is 409. The molecule has 0 spiro atoms. The van der Waals surface area contributed by atoms with Crippen LogP contribution in [0.15, 0.2) is 0 Å². The van der Waals surface area contributed by atoms with Crippen LogP contribution in [0.25, 0.3) is 0 Å². The fraction of sp³-hybridized carbons (Fsp3) is 0. The molecule has 0 amide bonds. The lowest BCUT2D eigenvalue weighted by atomic mass is 28.5. The largest absolute Gasteiger partial charge is 0.102 e. The second-order valence-electron chi connectivity index (χ2n) is 5.00. The molecule has 0 saturated carbocycles. The predicted octanol–water partition coefficient (Wildman–Crippen LogP) is 19.0. The summed E-state index contributed by atoms with van der Waals surface area (Å²) in [6.45, 7) is -1.22. The minimum Gasteiger partial charge on any atom is -0.102 e. The molecule has 0 aromatic rings. The molecular weight excluding hydrogens is 1020 g/mol. The van der Waals surface area contributed by atoms with Crippen LogP contribution in [-0.2, 0) is 11.8 Å². The van der Waals surface area contributed by atoms with Crippen LogP contribution in [0.4, 0.5) is 0 Å². The van der Waals surface area contributed by atoms with Gasteiger partial charge in [-0.2, -0.15) is 0 Å². The van der Waals surface area contributed by atoms with Gasteiger partial charge in [0.05, 0.1) is 0 Å². The minimum absolute atomic E-state index is 0.0299. The van der Waals surface area contributed by atoms with Gasteiger partial charge in [-0.05, 0) is 83.8 Å². The van der Waals surface area contributed by atoms with Crippen molar-refractivity contribution in [3.8, 4) is 0 Å².